The molecule has 34 heavy (non-hydrogen) atoms. The van der Waals surface area contributed by atoms with Gasteiger partial charge in [-0.3, -0.25) is 9.69 Å². The molecule has 0 aliphatic carbocycles. The molecule has 8 nitrogen and oxygen atoms in total. The molecule has 0 spiro atoms. The summed E-state index contributed by atoms with van der Waals surface area (Å²) < 4.78 is 16.3. The molecule has 4 rings (SSSR count). The molecular weight excluding hydrogens is 452 g/mol. The van der Waals surface area contributed by atoms with Crippen LogP contribution < -0.4 is 14.8 Å². The van der Waals surface area contributed by atoms with Crippen LogP contribution in [-0.2, 0) is 11.3 Å². The summed E-state index contributed by atoms with van der Waals surface area (Å²) in [6.45, 7) is 4.70. The van der Waals surface area contributed by atoms with E-state index in [-0.39, 0.29) is 18.6 Å². The van der Waals surface area contributed by atoms with Crippen LogP contribution in [0.1, 0.15) is 51.9 Å². The van der Waals surface area contributed by atoms with Crippen molar-refractivity contribution in [3.63, 3.8) is 0 Å². The highest BCUT2D eigenvalue weighted by Crippen LogP contribution is 2.35. The summed E-state index contributed by atoms with van der Waals surface area (Å²) >= 11 is 1.36. The van der Waals surface area contributed by atoms with Crippen molar-refractivity contribution in [2.75, 3.05) is 41.0 Å². The number of piperidine rings is 1. The number of ether oxygens (including phenoxy) is 3. The number of aromatic nitrogens is 2. The van der Waals surface area contributed by atoms with Gasteiger partial charge in [-0.1, -0.05) is 24.6 Å². The van der Waals surface area contributed by atoms with E-state index in [1.807, 2.05) is 25.1 Å². The van der Waals surface area contributed by atoms with Crippen molar-refractivity contribution in [2.24, 2.45) is 0 Å². The predicted octanol–water partition coefficient (Wildman–Crippen LogP) is 4.12. The van der Waals surface area contributed by atoms with Gasteiger partial charge < -0.3 is 19.5 Å². The number of nitrogens with zero attached hydrogens (tertiary/aromatic N) is 3. The quantitative estimate of drug-likeness (QED) is 0.489. The average molecular weight is 485 g/mol. The molecule has 3 heterocycles. The fourth-order valence-electron chi connectivity index (χ4n) is 4.58. The fraction of sp³-hybridized carbons (Fsp3) is 0.480. The lowest BCUT2D eigenvalue weighted by molar-refractivity contribution is 0.0926. The van der Waals surface area contributed by atoms with Gasteiger partial charge in [0.2, 0.25) is 5.88 Å². The Bertz CT molecular complexity index is 1140. The molecule has 0 bridgehead atoms. The predicted molar refractivity (Wildman–Crippen MR) is 133 cm³/mol. The topological polar surface area (TPSA) is 85.8 Å². The zero-order valence-corrected chi connectivity index (χ0v) is 21.0. The molecule has 3 aromatic rings. The van der Waals surface area contributed by atoms with Gasteiger partial charge in [-0.25, -0.2) is 4.98 Å². The molecule has 2 aromatic heterocycles. The van der Waals surface area contributed by atoms with Crippen molar-refractivity contribution in [1.82, 2.24) is 20.2 Å². The highest BCUT2D eigenvalue weighted by molar-refractivity contribution is 7.20. The number of nitrogens with one attached hydrogen (secondary N) is 1. The number of methoxy groups -OCH3 is 3. The molecule has 182 valence electrons. The lowest BCUT2D eigenvalue weighted by atomic mass is 10.0. The van der Waals surface area contributed by atoms with E-state index in [0.717, 1.165) is 53.0 Å². The summed E-state index contributed by atoms with van der Waals surface area (Å²) in [5.74, 6) is 1.72. The Morgan fingerprint density at radius 3 is 2.59 bits per heavy atom. The number of para-hydroxylation sites is 1. The van der Waals surface area contributed by atoms with Crippen molar-refractivity contribution in [1.29, 1.82) is 0 Å². The number of hydrogen-bond acceptors (Lipinski definition) is 8. The molecular formula is C25H32N4O4S. The molecule has 0 saturated carbocycles. The third-order valence-electron chi connectivity index (χ3n) is 6.26. The third kappa shape index (κ3) is 5.01. The number of aryl methyl sites for hydroxylation is 1. The number of carbonyl (C=O) groups excluding carboxylic acids is 1. The van der Waals surface area contributed by atoms with Crippen molar-refractivity contribution < 1.29 is 19.0 Å². The van der Waals surface area contributed by atoms with Crippen LogP contribution in [-0.4, -0.2) is 61.7 Å². The third-order valence-corrected chi connectivity index (χ3v) is 7.45. The van der Waals surface area contributed by atoms with Crippen LogP contribution in [0.15, 0.2) is 24.3 Å². The lowest BCUT2D eigenvalue weighted by Crippen LogP contribution is -2.40. The summed E-state index contributed by atoms with van der Waals surface area (Å²) in [7, 11) is 4.86. The summed E-state index contributed by atoms with van der Waals surface area (Å²) in [5, 5.41) is 3.96. The minimum absolute atomic E-state index is 0.0396. The van der Waals surface area contributed by atoms with Gasteiger partial charge >= 0.3 is 0 Å². The van der Waals surface area contributed by atoms with Crippen LogP contribution in [0.5, 0.6) is 11.6 Å². The maximum atomic E-state index is 13.4. The second-order valence-electron chi connectivity index (χ2n) is 8.38. The van der Waals surface area contributed by atoms with Crippen molar-refractivity contribution in [2.45, 2.75) is 38.8 Å². The first-order valence-corrected chi connectivity index (χ1v) is 12.4. The standard InChI is InChI=1S/C25H32N4O4S/c1-16-21-24(33-4)27-20(15-31-2)28-25(21)34-22(16)23(30)26-14-18(29-12-8-5-9-13-29)17-10-6-7-11-19(17)32-3/h6-7,10-11,18H,5,8-9,12-15H2,1-4H3,(H,26,30). The minimum Gasteiger partial charge on any atom is -0.496 e. The summed E-state index contributed by atoms with van der Waals surface area (Å²) in [5.41, 5.74) is 1.92. The maximum Gasteiger partial charge on any atom is 0.261 e. The van der Waals surface area contributed by atoms with Crippen LogP contribution in [0.2, 0.25) is 0 Å². The number of fused-ring (bicyclic) bond motifs is 1. The van der Waals surface area contributed by atoms with Gasteiger partial charge in [0.1, 0.15) is 17.2 Å². The maximum absolute atomic E-state index is 13.4. The molecule has 1 aliphatic rings. The Morgan fingerprint density at radius 2 is 1.88 bits per heavy atom. The van der Waals surface area contributed by atoms with Crippen LogP contribution in [0.4, 0.5) is 0 Å². The Labute approximate surface area is 204 Å². The lowest BCUT2D eigenvalue weighted by Gasteiger charge is -2.35. The summed E-state index contributed by atoms with van der Waals surface area (Å²) in [4.78, 5) is 26.2. The van der Waals surface area contributed by atoms with E-state index in [2.05, 4.69) is 26.3 Å². The number of amides is 1. The SMILES string of the molecule is COCc1nc(OC)c2c(C)c(C(=O)NCC(c3ccccc3OC)N3CCCCC3)sc2n1. The van der Waals surface area contributed by atoms with Gasteiger partial charge in [-0.05, 0) is 44.5 Å². The van der Waals surface area contributed by atoms with Crippen LogP contribution >= 0.6 is 11.3 Å². The molecule has 1 amide bonds. The van der Waals surface area contributed by atoms with Gasteiger partial charge in [-0.2, -0.15) is 4.98 Å². The molecule has 1 aromatic carbocycles. The Morgan fingerprint density at radius 1 is 1.12 bits per heavy atom. The zero-order valence-electron chi connectivity index (χ0n) is 20.2. The number of benzene rings is 1. The number of hydrogen-bond donors (Lipinski definition) is 1. The van der Waals surface area contributed by atoms with Gasteiger partial charge in [-0.15, -0.1) is 11.3 Å². The van der Waals surface area contributed by atoms with Crippen LogP contribution in [0.3, 0.4) is 0 Å². The number of likely N-dealkylation sites (tertiary alicyclic amines) is 1. The monoisotopic (exact) mass is 484 g/mol. The van der Waals surface area contributed by atoms with Crippen molar-refractivity contribution >= 4 is 27.5 Å². The summed E-state index contributed by atoms with van der Waals surface area (Å²) in [6, 6.07) is 8.10. The average Bonchev–Trinajstić information content (AvgIpc) is 3.21. The van der Waals surface area contributed by atoms with E-state index in [4.69, 9.17) is 14.2 Å². The molecule has 1 fully saturated rings. The normalized spacial score (nSPS) is 15.3. The molecule has 1 N–H and O–H groups in total. The Balaban J connectivity index is 1.60. The first kappa shape index (κ1) is 24.4. The first-order valence-electron chi connectivity index (χ1n) is 11.6. The fourth-order valence-corrected chi connectivity index (χ4v) is 5.69. The van der Waals surface area contributed by atoms with E-state index in [0.29, 0.717) is 23.1 Å². The van der Waals surface area contributed by atoms with Gasteiger partial charge in [0.25, 0.3) is 5.91 Å². The Hall–Kier alpha value is -2.75. The van der Waals surface area contributed by atoms with Crippen molar-refractivity contribution in [3.05, 3.63) is 46.1 Å². The van der Waals surface area contributed by atoms with Gasteiger partial charge in [0.05, 0.1) is 30.5 Å². The molecule has 0 radical (unpaired) electrons. The van der Waals surface area contributed by atoms with Crippen LogP contribution in [0, 0.1) is 6.92 Å². The second-order valence-corrected chi connectivity index (χ2v) is 9.38. The van der Waals surface area contributed by atoms with E-state index in [9.17, 15) is 4.79 Å². The minimum atomic E-state index is -0.118. The molecule has 1 saturated heterocycles. The Kier molecular flexibility index (Phi) is 7.97. The van der Waals surface area contributed by atoms with E-state index < -0.39 is 0 Å². The highest BCUT2D eigenvalue weighted by atomic mass is 32.1. The molecule has 1 unspecified atom stereocenters. The number of carbonyl (C=O) groups is 1. The van der Waals surface area contributed by atoms with Gasteiger partial charge in [0.15, 0.2) is 5.82 Å². The van der Waals surface area contributed by atoms with E-state index in [1.54, 1.807) is 21.3 Å². The number of thiophene rings is 1. The van der Waals surface area contributed by atoms with Crippen LogP contribution in [0.25, 0.3) is 10.2 Å². The summed E-state index contributed by atoms with van der Waals surface area (Å²) in [6.07, 6.45) is 3.57. The molecule has 1 aliphatic heterocycles. The van der Waals surface area contributed by atoms with E-state index in [1.165, 1.54) is 17.8 Å². The zero-order chi connectivity index (χ0) is 24.1. The molecule has 9 heteroatoms. The first-order chi connectivity index (χ1) is 16.6. The van der Waals surface area contributed by atoms with Gasteiger partial charge in [0, 0.05) is 19.2 Å². The van der Waals surface area contributed by atoms with E-state index >= 15 is 0 Å². The largest absolute Gasteiger partial charge is 0.496 e. The molecule has 1 atom stereocenters. The van der Waals surface area contributed by atoms with Crippen molar-refractivity contribution in [3.8, 4) is 11.6 Å². The smallest absolute Gasteiger partial charge is 0.261 e. The highest BCUT2D eigenvalue weighted by Gasteiger charge is 2.27. The second kappa shape index (κ2) is 11.1. The number of rotatable bonds is 9.